The maximum Gasteiger partial charge on any atom is 0.0854 e. The van der Waals surface area contributed by atoms with Gasteiger partial charge in [0.2, 0.25) is 0 Å². The minimum atomic E-state index is -0.475. The van der Waals surface area contributed by atoms with Gasteiger partial charge >= 0.3 is 0 Å². The fourth-order valence-electron chi connectivity index (χ4n) is 1.66. The molecular formula is C12H22N2O2. The predicted molar refractivity (Wildman–Crippen MR) is 63.5 cm³/mol. The molecule has 0 aliphatic carbocycles. The van der Waals surface area contributed by atoms with Crippen molar-refractivity contribution in [1.82, 2.24) is 9.78 Å². The van der Waals surface area contributed by atoms with E-state index in [1.54, 1.807) is 7.11 Å². The lowest BCUT2D eigenvalue weighted by Crippen LogP contribution is -2.27. The number of aryl methyl sites for hydroxylation is 2. The smallest absolute Gasteiger partial charge is 0.0854 e. The third-order valence-corrected chi connectivity index (χ3v) is 2.91. The highest BCUT2D eigenvalue weighted by atomic mass is 16.5. The fourth-order valence-corrected chi connectivity index (χ4v) is 1.66. The van der Waals surface area contributed by atoms with Gasteiger partial charge in [0.1, 0.15) is 0 Å². The molecule has 1 aromatic rings. The van der Waals surface area contributed by atoms with E-state index >= 15 is 0 Å². The number of aliphatic hydroxyl groups is 1. The molecule has 4 heteroatoms. The van der Waals surface area contributed by atoms with Crippen LogP contribution in [0.5, 0.6) is 0 Å². The summed E-state index contributed by atoms with van der Waals surface area (Å²) in [6.45, 7) is 6.85. The van der Waals surface area contributed by atoms with Crippen LogP contribution in [-0.2, 0) is 24.1 Å². The Kier molecular flexibility index (Phi) is 4.96. The molecule has 2 atom stereocenters. The summed E-state index contributed by atoms with van der Waals surface area (Å²) >= 11 is 0. The summed E-state index contributed by atoms with van der Waals surface area (Å²) in [5.41, 5.74) is 2.16. The van der Waals surface area contributed by atoms with Crippen LogP contribution in [0.4, 0.5) is 0 Å². The van der Waals surface area contributed by atoms with Gasteiger partial charge in [-0.05, 0) is 26.3 Å². The summed E-state index contributed by atoms with van der Waals surface area (Å²) in [6, 6.07) is 2.06. The van der Waals surface area contributed by atoms with Crippen molar-refractivity contribution >= 4 is 0 Å². The van der Waals surface area contributed by atoms with Crippen LogP contribution in [0.15, 0.2) is 6.07 Å². The molecule has 0 amide bonds. The van der Waals surface area contributed by atoms with Crippen LogP contribution in [0.25, 0.3) is 0 Å². The van der Waals surface area contributed by atoms with E-state index in [0.29, 0.717) is 6.42 Å². The van der Waals surface area contributed by atoms with Crippen molar-refractivity contribution in [3.63, 3.8) is 0 Å². The van der Waals surface area contributed by atoms with E-state index in [2.05, 4.69) is 25.0 Å². The molecule has 0 aliphatic heterocycles. The Hall–Kier alpha value is -0.870. The van der Waals surface area contributed by atoms with Crippen molar-refractivity contribution in [2.45, 2.75) is 52.4 Å². The Morgan fingerprint density at radius 2 is 2.19 bits per heavy atom. The second kappa shape index (κ2) is 6.01. The highest BCUT2D eigenvalue weighted by molar-refractivity contribution is 5.11. The summed E-state index contributed by atoms with van der Waals surface area (Å²) < 4.78 is 7.06. The number of aliphatic hydroxyl groups excluding tert-OH is 1. The minimum absolute atomic E-state index is 0.148. The van der Waals surface area contributed by atoms with Crippen LogP contribution in [0.1, 0.15) is 32.2 Å². The Balaban J connectivity index is 2.75. The lowest BCUT2D eigenvalue weighted by Gasteiger charge is -2.17. The maximum absolute atomic E-state index is 9.91. The van der Waals surface area contributed by atoms with Gasteiger partial charge in [-0.2, -0.15) is 5.10 Å². The molecule has 0 spiro atoms. The third-order valence-electron chi connectivity index (χ3n) is 2.91. The predicted octanol–water partition coefficient (Wildman–Crippen LogP) is 1.40. The van der Waals surface area contributed by atoms with Gasteiger partial charge in [-0.3, -0.25) is 4.68 Å². The largest absolute Gasteiger partial charge is 0.390 e. The van der Waals surface area contributed by atoms with Crippen molar-refractivity contribution in [3.8, 4) is 0 Å². The molecular weight excluding hydrogens is 204 g/mol. The Bertz CT molecular complexity index is 323. The molecule has 1 rings (SSSR count). The van der Waals surface area contributed by atoms with Crippen LogP contribution in [0, 0.1) is 0 Å². The van der Waals surface area contributed by atoms with Crippen LogP contribution in [0.3, 0.4) is 0 Å². The van der Waals surface area contributed by atoms with Crippen LogP contribution >= 0.6 is 0 Å². The first-order valence-corrected chi connectivity index (χ1v) is 5.88. The SMILES string of the molecule is CCc1cc(CC(O)C(C)OC)n(CC)n1. The van der Waals surface area contributed by atoms with E-state index in [9.17, 15) is 5.11 Å². The van der Waals surface area contributed by atoms with Crippen molar-refractivity contribution in [2.75, 3.05) is 7.11 Å². The molecule has 0 saturated carbocycles. The van der Waals surface area contributed by atoms with E-state index in [0.717, 1.165) is 24.4 Å². The molecule has 0 radical (unpaired) electrons. The number of aromatic nitrogens is 2. The van der Waals surface area contributed by atoms with Gasteiger partial charge in [-0.25, -0.2) is 0 Å². The molecule has 92 valence electrons. The van der Waals surface area contributed by atoms with Gasteiger partial charge in [0.05, 0.1) is 17.9 Å². The summed E-state index contributed by atoms with van der Waals surface area (Å²) in [5.74, 6) is 0. The zero-order valence-corrected chi connectivity index (χ0v) is 10.6. The third kappa shape index (κ3) is 3.06. The first kappa shape index (κ1) is 13.2. The lowest BCUT2D eigenvalue weighted by atomic mass is 10.1. The van der Waals surface area contributed by atoms with E-state index in [1.807, 2.05) is 11.6 Å². The van der Waals surface area contributed by atoms with Crippen LogP contribution in [-0.4, -0.2) is 34.2 Å². The second-order valence-corrected chi connectivity index (χ2v) is 4.01. The average molecular weight is 226 g/mol. The molecule has 1 aromatic heterocycles. The number of hydrogen-bond acceptors (Lipinski definition) is 3. The Labute approximate surface area is 97.2 Å². The first-order valence-electron chi connectivity index (χ1n) is 5.88. The standard InChI is InChI=1S/C12H22N2O2/c1-5-10-7-11(14(6-2)13-10)8-12(15)9(3)16-4/h7,9,12,15H,5-6,8H2,1-4H3. The molecule has 2 unspecified atom stereocenters. The van der Waals surface area contributed by atoms with Gasteiger partial charge < -0.3 is 9.84 Å². The zero-order chi connectivity index (χ0) is 12.1. The molecule has 0 aliphatic rings. The lowest BCUT2D eigenvalue weighted by molar-refractivity contribution is -0.000516. The van der Waals surface area contributed by atoms with Crippen molar-refractivity contribution in [3.05, 3.63) is 17.5 Å². The summed E-state index contributed by atoms with van der Waals surface area (Å²) in [7, 11) is 1.61. The number of rotatable bonds is 6. The zero-order valence-electron chi connectivity index (χ0n) is 10.6. The van der Waals surface area contributed by atoms with Crippen LogP contribution in [0.2, 0.25) is 0 Å². The monoisotopic (exact) mass is 226 g/mol. The van der Waals surface area contributed by atoms with Gasteiger partial charge in [0, 0.05) is 25.8 Å². The quantitative estimate of drug-likeness (QED) is 0.797. The number of hydrogen-bond donors (Lipinski definition) is 1. The molecule has 0 aromatic carbocycles. The van der Waals surface area contributed by atoms with E-state index < -0.39 is 6.10 Å². The van der Waals surface area contributed by atoms with Gasteiger partial charge in [-0.15, -0.1) is 0 Å². The molecule has 0 bridgehead atoms. The highest BCUT2D eigenvalue weighted by Gasteiger charge is 2.16. The van der Waals surface area contributed by atoms with Gasteiger partial charge in [-0.1, -0.05) is 6.92 Å². The number of methoxy groups -OCH3 is 1. The Morgan fingerprint density at radius 3 is 2.69 bits per heavy atom. The molecule has 16 heavy (non-hydrogen) atoms. The fraction of sp³-hybridized carbons (Fsp3) is 0.750. The van der Waals surface area contributed by atoms with E-state index in [-0.39, 0.29) is 6.10 Å². The number of nitrogens with zero attached hydrogens (tertiary/aromatic N) is 2. The van der Waals surface area contributed by atoms with E-state index in [4.69, 9.17) is 4.74 Å². The minimum Gasteiger partial charge on any atom is -0.390 e. The maximum atomic E-state index is 9.91. The topological polar surface area (TPSA) is 47.3 Å². The summed E-state index contributed by atoms with van der Waals surface area (Å²) in [5, 5.41) is 14.4. The van der Waals surface area contributed by atoms with Crippen molar-refractivity contribution < 1.29 is 9.84 Å². The second-order valence-electron chi connectivity index (χ2n) is 4.01. The van der Waals surface area contributed by atoms with Gasteiger partial charge in [0.15, 0.2) is 0 Å². The summed E-state index contributed by atoms with van der Waals surface area (Å²) in [4.78, 5) is 0. The molecule has 0 fully saturated rings. The number of ether oxygens (including phenoxy) is 1. The molecule has 1 heterocycles. The normalized spacial score (nSPS) is 15.1. The molecule has 0 saturated heterocycles. The summed E-state index contributed by atoms with van der Waals surface area (Å²) in [6.07, 6.45) is 0.896. The molecule has 4 nitrogen and oxygen atoms in total. The molecule has 1 N–H and O–H groups in total. The van der Waals surface area contributed by atoms with Gasteiger partial charge in [0.25, 0.3) is 0 Å². The van der Waals surface area contributed by atoms with Crippen molar-refractivity contribution in [1.29, 1.82) is 0 Å². The van der Waals surface area contributed by atoms with Crippen molar-refractivity contribution in [2.24, 2.45) is 0 Å². The Morgan fingerprint density at radius 1 is 1.50 bits per heavy atom. The highest BCUT2D eigenvalue weighted by Crippen LogP contribution is 2.11. The van der Waals surface area contributed by atoms with E-state index in [1.165, 1.54) is 0 Å². The van der Waals surface area contributed by atoms with Crippen LogP contribution < -0.4 is 0 Å². The average Bonchev–Trinajstić information content (AvgIpc) is 2.70. The first-order chi connectivity index (χ1) is 7.62.